The first kappa shape index (κ1) is 11.1. The molecule has 4 heteroatoms. The van der Waals surface area contributed by atoms with E-state index in [-0.39, 0.29) is 10.7 Å². The molecule has 1 unspecified atom stereocenters. The van der Waals surface area contributed by atoms with E-state index in [0.717, 1.165) is 31.0 Å². The Bertz CT molecular complexity index is 198. The fourth-order valence-electron chi connectivity index (χ4n) is 1.26. The number of halogens is 1. The molecule has 1 atom stereocenters. The summed E-state index contributed by atoms with van der Waals surface area (Å²) in [5.74, 6) is 2.23. The number of nitrogens with zero attached hydrogens (tertiary/aromatic N) is 1. The summed E-state index contributed by atoms with van der Waals surface area (Å²) in [5.41, 5.74) is 0. The van der Waals surface area contributed by atoms with Crippen LogP contribution in [0, 0.1) is 0 Å². The number of hydrogen-bond acceptors (Lipinski definition) is 2. The predicted octanol–water partition coefficient (Wildman–Crippen LogP) is 1.90. The summed E-state index contributed by atoms with van der Waals surface area (Å²) in [4.78, 5) is 13.4. The van der Waals surface area contributed by atoms with Gasteiger partial charge in [0.05, 0.1) is 4.83 Å². The molecular weight excluding hydrogens is 250 g/mol. The molecule has 0 radical (unpaired) electrons. The van der Waals surface area contributed by atoms with Gasteiger partial charge >= 0.3 is 0 Å². The fraction of sp³-hybridized carbons (Fsp3) is 0.667. The van der Waals surface area contributed by atoms with Crippen molar-refractivity contribution in [3.8, 4) is 0 Å². The molecule has 0 aromatic carbocycles. The SMILES string of the molecule is C=CCSCCN1CCC(Br)C1=O. The van der Waals surface area contributed by atoms with Gasteiger partial charge in [-0.3, -0.25) is 4.79 Å². The first-order valence-corrected chi connectivity index (χ1v) is 6.44. The molecule has 13 heavy (non-hydrogen) atoms. The fourth-order valence-corrected chi connectivity index (χ4v) is 2.44. The number of hydrogen-bond donors (Lipinski definition) is 0. The van der Waals surface area contributed by atoms with Crippen molar-refractivity contribution in [1.29, 1.82) is 0 Å². The standard InChI is InChI=1S/C9H14BrNOS/c1-2-6-13-7-5-11-4-3-8(10)9(11)12/h2,8H,1,3-7H2. The van der Waals surface area contributed by atoms with Crippen molar-refractivity contribution in [3.05, 3.63) is 12.7 Å². The molecule has 1 amide bonds. The maximum Gasteiger partial charge on any atom is 0.236 e. The zero-order valence-electron chi connectivity index (χ0n) is 7.54. The Morgan fingerprint density at radius 2 is 2.54 bits per heavy atom. The van der Waals surface area contributed by atoms with Gasteiger partial charge in [-0.05, 0) is 6.42 Å². The minimum atomic E-state index is 0.0666. The monoisotopic (exact) mass is 263 g/mol. The number of amides is 1. The third kappa shape index (κ3) is 3.35. The van der Waals surface area contributed by atoms with E-state index < -0.39 is 0 Å². The summed E-state index contributed by atoms with van der Waals surface area (Å²) in [6.07, 6.45) is 2.84. The molecular formula is C9H14BrNOS. The van der Waals surface area contributed by atoms with E-state index in [9.17, 15) is 4.79 Å². The lowest BCUT2D eigenvalue weighted by Gasteiger charge is -2.14. The molecule has 1 aliphatic rings. The van der Waals surface area contributed by atoms with Crippen molar-refractivity contribution < 1.29 is 4.79 Å². The van der Waals surface area contributed by atoms with E-state index in [1.165, 1.54) is 0 Å². The van der Waals surface area contributed by atoms with Crippen LogP contribution < -0.4 is 0 Å². The molecule has 0 saturated carbocycles. The minimum Gasteiger partial charge on any atom is -0.341 e. The molecule has 2 nitrogen and oxygen atoms in total. The molecule has 0 bridgehead atoms. The van der Waals surface area contributed by atoms with Gasteiger partial charge in [0.2, 0.25) is 5.91 Å². The zero-order valence-corrected chi connectivity index (χ0v) is 9.94. The summed E-state index contributed by atoms with van der Waals surface area (Å²) >= 11 is 5.17. The van der Waals surface area contributed by atoms with Gasteiger partial charge in [0.15, 0.2) is 0 Å². The van der Waals surface area contributed by atoms with Crippen LogP contribution in [-0.4, -0.2) is 40.2 Å². The van der Waals surface area contributed by atoms with Gasteiger partial charge in [-0.15, -0.1) is 6.58 Å². The third-order valence-corrected chi connectivity index (χ3v) is 3.77. The highest BCUT2D eigenvalue weighted by molar-refractivity contribution is 9.10. The lowest BCUT2D eigenvalue weighted by molar-refractivity contribution is -0.126. The van der Waals surface area contributed by atoms with E-state index in [0.29, 0.717) is 0 Å². The van der Waals surface area contributed by atoms with Crippen LogP contribution in [0.1, 0.15) is 6.42 Å². The first-order chi connectivity index (χ1) is 6.25. The van der Waals surface area contributed by atoms with E-state index in [1.54, 1.807) is 0 Å². The average Bonchev–Trinajstić information content (AvgIpc) is 2.43. The normalized spacial score (nSPS) is 22.4. The summed E-state index contributed by atoms with van der Waals surface area (Å²) < 4.78 is 0. The Labute approximate surface area is 91.9 Å². The van der Waals surface area contributed by atoms with Gasteiger partial charge in [-0.2, -0.15) is 11.8 Å². The van der Waals surface area contributed by atoms with Crippen molar-refractivity contribution in [2.45, 2.75) is 11.2 Å². The third-order valence-electron chi connectivity index (χ3n) is 1.97. The molecule has 1 saturated heterocycles. The van der Waals surface area contributed by atoms with Gasteiger partial charge in [0.25, 0.3) is 0 Å². The number of rotatable bonds is 5. The van der Waals surface area contributed by atoms with Gasteiger partial charge in [0, 0.05) is 24.6 Å². The lowest BCUT2D eigenvalue weighted by Crippen LogP contribution is -2.29. The summed E-state index contributed by atoms with van der Waals surface area (Å²) in [6, 6.07) is 0. The van der Waals surface area contributed by atoms with Crippen LogP contribution in [0.15, 0.2) is 12.7 Å². The number of thioether (sulfide) groups is 1. The molecule has 74 valence electrons. The largest absolute Gasteiger partial charge is 0.341 e. The number of carbonyl (C=O) groups excluding carboxylic acids is 1. The average molecular weight is 264 g/mol. The van der Waals surface area contributed by atoms with Crippen molar-refractivity contribution in [2.75, 3.05) is 24.6 Å². The molecule has 1 rings (SSSR count). The first-order valence-electron chi connectivity index (χ1n) is 4.37. The van der Waals surface area contributed by atoms with Gasteiger partial charge in [0.1, 0.15) is 0 Å². The Balaban J connectivity index is 2.15. The van der Waals surface area contributed by atoms with E-state index >= 15 is 0 Å². The van der Waals surface area contributed by atoms with Crippen LogP contribution >= 0.6 is 27.7 Å². The lowest BCUT2D eigenvalue weighted by atomic mass is 10.4. The molecule has 0 aliphatic carbocycles. The van der Waals surface area contributed by atoms with E-state index in [2.05, 4.69) is 22.5 Å². The minimum absolute atomic E-state index is 0.0666. The van der Waals surface area contributed by atoms with Crippen molar-refractivity contribution in [2.24, 2.45) is 0 Å². The maximum atomic E-state index is 11.4. The number of likely N-dealkylation sites (tertiary alicyclic amines) is 1. The van der Waals surface area contributed by atoms with Crippen LogP contribution in [0.25, 0.3) is 0 Å². The van der Waals surface area contributed by atoms with Crippen LogP contribution in [0.3, 0.4) is 0 Å². The molecule has 0 spiro atoms. The second kappa shape index (κ2) is 5.70. The molecule has 0 N–H and O–H groups in total. The summed E-state index contributed by atoms with van der Waals surface area (Å²) in [6.45, 7) is 5.43. The van der Waals surface area contributed by atoms with Crippen molar-refractivity contribution in [1.82, 2.24) is 4.90 Å². The Morgan fingerprint density at radius 3 is 3.08 bits per heavy atom. The topological polar surface area (TPSA) is 20.3 Å². The van der Waals surface area contributed by atoms with E-state index in [1.807, 2.05) is 22.7 Å². The number of alkyl halides is 1. The van der Waals surface area contributed by atoms with Gasteiger partial charge < -0.3 is 4.90 Å². The van der Waals surface area contributed by atoms with Crippen molar-refractivity contribution in [3.63, 3.8) is 0 Å². The van der Waals surface area contributed by atoms with Gasteiger partial charge in [-0.1, -0.05) is 22.0 Å². The Morgan fingerprint density at radius 1 is 1.77 bits per heavy atom. The van der Waals surface area contributed by atoms with Gasteiger partial charge in [-0.25, -0.2) is 0 Å². The van der Waals surface area contributed by atoms with E-state index in [4.69, 9.17) is 0 Å². The second-order valence-corrected chi connectivity index (χ2v) is 5.20. The summed E-state index contributed by atoms with van der Waals surface area (Å²) in [7, 11) is 0. The Kier molecular flexibility index (Phi) is 4.88. The zero-order chi connectivity index (χ0) is 9.68. The van der Waals surface area contributed by atoms with Crippen LogP contribution in [0.2, 0.25) is 0 Å². The molecule has 1 heterocycles. The second-order valence-electron chi connectivity index (χ2n) is 2.95. The van der Waals surface area contributed by atoms with Crippen LogP contribution in [-0.2, 0) is 4.79 Å². The Hall–Kier alpha value is 0.0400. The number of carbonyl (C=O) groups is 1. The molecule has 1 aliphatic heterocycles. The van der Waals surface area contributed by atoms with Crippen molar-refractivity contribution >= 4 is 33.6 Å². The highest BCUT2D eigenvalue weighted by atomic mass is 79.9. The quantitative estimate of drug-likeness (QED) is 0.429. The highest BCUT2D eigenvalue weighted by Crippen LogP contribution is 2.18. The highest BCUT2D eigenvalue weighted by Gasteiger charge is 2.28. The molecule has 0 aromatic heterocycles. The predicted molar refractivity (Wildman–Crippen MR) is 61.4 cm³/mol. The van der Waals surface area contributed by atoms with Crippen LogP contribution in [0.5, 0.6) is 0 Å². The smallest absolute Gasteiger partial charge is 0.236 e. The van der Waals surface area contributed by atoms with Crippen LogP contribution in [0.4, 0.5) is 0 Å². The molecule has 1 fully saturated rings. The maximum absolute atomic E-state index is 11.4. The summed E-state index contributed by atoms with van der Waals surface area (Å²) in [5, 5.41) is 0. The molecule has 0 aromatic rings.